The number of aromatic nitrogens is 2. The van der Waals surface area contributed by atoms with Crippen LogP contribution >= 0.6 is 0 Å². The van der Waals surface area contributed by atoms with Gasteiger partial charge in [0.1, 0.15) is 4.90 Å². The summed E-state index contributed by atoms with van der Waals surface area (Å²) in [6.07, 6.45) is 1.18. The average molecular weight is 319 g/mol. The van der Waals surface area contributed by atoms with E-state index in [4.69, 9.17) is 9.84 Å². The lowest BCUT2D eigenvalue weighted by Crippen LogP contribution is -2.37. The van der Waals surface area contributed by atoms with Gasteiger partial charge in [0.15, 0.2) is 0 Å². The number of nitrogens with zero attached hydrogens (tertiary/aromatic N) is 2. The Morgan fingerprint density at radius 1 is 1.43 bits per heavy atom. The van der Waals surface area contributed by atoms with Crippen molar-refractivity contribution in [2.75, 3.05) is 20.3 Å². The van der Waals surface area contributed by atoms with Crippen LogP contribution in [0, 0.1) is 13.8 Å². The molecule has 0 aliphatic rings. The maximum atomic E-state index is 12.5. The molecule has 0 saturated heterocycles. The molecule has 8 heteroatoms. The Labute approximate surface area is 126 Å². The van der Waals surface area contributed by atoms with Crippen molar-refractivity contribution >= 4 is 10.0 Å². The summed E-state index contributed by atoms with van der Waals surface area (Å²) in [5, 5.41) is 13.1. The third kappa shape index (κ3) is 4.50. The SMILES string of the molecule is CCC(COC)NS(=O)(=O)c1c(C)nn(CCCO)c1C. The van der Waals surface area contributed by atoms with Gasteiger partial charge < -0.3 is 9.84 Å². The molecule has 1 aromatic rings. The number of rotatable bonds is 9. The maximum absolute atomic E-state index is 12.5. The third-order valence-electron chi connectivity index (χ3n) is 3.29. The first-order valence-corrected chi connectivity index (χ1v) is 8.51. The van der Waals surface area contributed by atoms with Gasteiger partial charge in [0.2, 0.25) is 10.0 Å². The average Bonchev–Trinajstić information content (AvgIpc) is 2.70. The second kappa shape index (κ2) is 7.88. The highest BCUT2D eigenvalue weighted by atomic mass is 32.2. The Bertz CT molecular complexity index is 554. The maximum Gasteiger partial charge on any atom is 0.244 e. The highest BCUT2D eigenvalue weighted by molar-refractivity contribution is 7.89. The molecule has 0 fully saturated rings. The molecule has 0 saturated carbocycles. The van der Waals surface area contributed by atoms with E-state index in [9.17, 15) is 8.42 Å². The summed E-state index contributed by atoms with van der Waals surface area (Å²) in [7, 11) is -2.09. The molecule has 21 heavy (non-hydrogen) atoms. The lowest BCUT2D eigenvalue weighted by molar-refractivity contribution is 0.173. The molecule has 0 aliphatic heterocycles. The van der Waals surface area contributed by atoms with Gasteiger partial charge in [-0.05, 0) is 26.7 Å². The zero-order valence-electron chi connectivity index (χ0n) is 13.1. The van der Waals surface area contributed by atoms with Gasteiger partial charge in [-0.3, -0.25) is 4.68 Å². The highest BCUT2D eigenvalue weighted by Gasteiger charge is 2.26. The van der Waals surface area contributed by atoms with Crippen LogP contribution < -0.4 is 4.72 Å². The number of sulfonamides is 1. The summed E-state index contributed by atoms with van der Waals surface area (Å²) < 4.78 is 34.4. The molecule has 0 aromatic carbocycles. The van der Waals surface area contributed by atoms with Crippen molar-refractivity contribution in [3.8, 4) is 0 Å². The van der Waals surface area contributed by atoms with Gasteiger partial charge in [-0.25, -0.2) is 13.1 Å². The topological polar surface area (TPSA) is 93.5 Å². The van der Waals surface area contributed by atoms with Crippen molar-refractivity contribution in [1.29, 1.82) is 0 Å². The molecule has 1 heterocycles. The minimum atomic E-state index is -3.64. The van der Waals surface area contributed by atoms with Crippen molar-refractivity contribution in [3.05, 3.63) is 11.4 Å². The number of aliphatic hydroxyl groups is 1. The summed E-state index contributed by atoms with van der Waals surface area (Å²) in [4.78, 5) is 0.218. The van der Waals surface area contributed by atoms with Crippen LogP contribution in [0.1, 0.15) is 31.2 Å². The summed E-state index contributed by atoms with van der Waals surface area (Å²) in [6.45, 7) is 6.17. The number of hydrogen-bond acceptors (Lipinski definition) is 5. The van der Waals surface area contributed by atoms with E-state index in [0.29, 0.717) is 37.4 Å². The van der Waals surface area contributed by atoms with Gasteiger partial charge in [0.25, 0.3) is 0 Å². The predicted octanol–water partition coefficient (Wildman–Crippen LogP) is 0.586. The zero-order valence-corrected chi connectivity index (χ0v) is 13.9. The Morgan fingerprint density at radius 2 is 2.10 bits per heavy atom. The van der Waals surface area contributed by atoms with E-state index in [1.54, 1.807) is 25.6 Å². The summed E-state index contributed by atoms with van der Waals surface area (Å²) in [5.74, 6) is 0. The van der Waals surface area contributed by atoms with Crippen LogP contribution in [0.5, 0.6) is 0 Å². The van der Waals surface area contributed by atoms with Crippen LogP contribution in [0.15, 0.2) is 4.90 Å². The fourth-order valence-electron chi connectivity index (χ4n) is 2.22. The first kappa shape index (κ1) is 18.1. The highest BCUT2D eigenvalue weighted by Crippen LogP contribution is 2.20. The van der Waals surface area contributed by atoms with Gasteiger partial charge in [0.05, 0.1) is 18.0 Å². The van der Waals surface area contributed by atoms with E-state index >= 15 is 0 Å². The van der Waals surface area contributed by atoms with Crippen molar-refractivity contribution < 1.29 is 18.3 Å². The molecule has 1 unspecified atom stereocenters. The molecular formula is C13H25N3O4S. The first-order chi connectivity index (χ1) is 9.87. The molecule has 1 atom stereocenters. The lowest BCUT2D eigenvalue weighted by atomic mass is 10.3. The van der Waals surface area contributed by atoms with Crippen LogP contribution in [0.4, 0.5) is 0 Å². The fraction of sp³-hybridized carbons (Fsp3) is 0.769. The Balaban J connectivity index is 3.05. The predicted molar refractivity (Wildman–Crippen MR) is 79.7 cm³/mol. The third-order valence-corrected chi connectivity index (χ3v) is 5.07. The Hall–Kier alpha value is -0.960. The van der Waals surface area contributed by atoms with E-state index in [-0.39, 0.29) is 17.5 Å². The number of aliphatic hydroxyl groups excluding tert-OH is 1. The molecule has 1 aromatic heterocycles. The molecule has 0 amide bonds. The van der Waals surface area contributed by atoms with Gasteiger partial charge in [-0.1, -0.05) is 6.92 Å². The van der Waals surface area contributed by atoms with Gasteiger partial charge in [0, 0.05) is 26.3 Å². The fourth-order valence-corrected chi connectivity index (χ4v) is 3.94. The van der Waals surface area contributed by atoms with E-state index < -0.39 is 10.0 Å². The molecule has 7 nitrogen and oxygen atoms in total. The van der Waals surface area contributed by atoms with Crippen LogP contribution in [-0.4, -0.2) is 49.7 Å². The van der Waals surface area contributed by atoms with Gasteiger partial charge in [-0.2, -0.15) is 5.10 Å². The number of ether oxygens (including phenoxy) is 1. The molecule has 2 N–H and O–H groups in total. The summed E-state index contributed by atoms with van der Waals surface area (Å²) in [5.41, 5.74) is 1.05. The minimum absolute atomic E-state index is 0.0461. The van der Waals surface area contributed by atoms with Crippen molar-refractivity contribution in [3.63, 3.8) is 0 Å². The molecule has 0 bridgehead atoms. The van der Waals surface area contributed by atoms with Crippen LogP contribution in [0.2, 0.25) is 0 Å². The van der Waals surface area contributed by atoms with Crippen LogP contribution in [-0.2, 0) is 21.3 Å². The van der Waals surface area contributed by atoms with Crippen molar-refractivity contribution in [2.45, 2.75) is 51.1 Å². The molecule has 0 aliphatic carbocycles. The Kier molecular flexibility index (Phi) is 6.79. The van der Waals surface area contributed by atoms with E-state index in [1.807, 2.05) is 6.92 Å². The molecule has 0 spiro atoms. The second-order valence-electron chi connectivity index (χ2n) is 4.98. The van der Waals surface area contributed by atoms with Gasteiger partial charge in [-0.15, -0.1) is 0 Å². The van der Waals surface area contributed by atoms with E-state index in [0.717, 1.165) is 0 Å². The standard InChI is InChI=1S/C13H25N3O4S/c1-5-12(9-20-4)15-21(18,19)13-10(2)14-16(11(13)3)7-6-8-17/h12,15,17H,5-9H2,1-4H3. The summed E-state index contributed by atoms with van der Waals surface area (Å²) in [6, 6.07) is -0.264. The van der Waals surface area contributed by atoms with Crippen LogP contribution in [0.3, 0.4) is 0 Å². The number of hydrogen-bond donors (Lipinski definition) is 2. The number of aryl methyl sites for hydroxylation is 2. The quantitative estimate of drug-likeness (QED) is 0.695. The first-order valence-electron chi connectivity index (χ1n) is 7.03. The Morgan fingerprint density at radius 3 is 2.62 bits per heavy atom. The largest absolute Gasteiger partial charge is 0.396 e. The van der Waals surface area contributed by atoms with E-state index in [2.05, 4.69) is 9.82 Å². The molecular weight excluding hydrogens is 294 g/mol. The minimum Gasteiger partial charge on any atom is -0.396 e. The smallest absolute Gasteiger partial charge is 0.244 e. The molecule has 122 valence electrons. The van der Waals surface area contributed by atoms with Crippen molar-refractivity contribution in [1.82, 2.24) is 14.5 Å². The van der Waals surface area contributed by atoms with Gasteiger partial charge >= 0.3 is 0 Å². The molecule has 1 rings (SSSR count). The number of nitrogens with one attached hydrogen (secondary N) is 1. The van der Waals surface area contributed by atoms with Crippen LogP contribution in [0.25, 0.3) is 0 Å². The zero-order chi connectivity index (χ0) is 16.0. The monoisotopic (exact) mass is 319 g/mol. The lowest BCUT2D eigenvalue weighted by Gasteiger charge is -2.16. The van der Waals surface area contributed by atoms with E-state index in [1.165, 1.54) is 0 Å². The summed E-state index contributed by atoms with van der Waals surface area (Å²) >= 11 is 0. The molecule has 0 radical (unpaired) electrons. The normalized spacial score (nSPS) is 13.6. The van der Waals surface area contributed by atoms with Crippen molar-refractivity contribution in [2.24, 2.45) is 0 Å². The number of methoxy groups -OCH3 is 1. The second-order valence-corrected chi connectivity index (χ2v) is 6.63.